The zero-order valence-corrected chi connectivity index (χ0v) is 15.7. The van der Waals surface area contributed by atoms with Crippen molar-refractivity contribution in [1.29, 1.82) is 0 Å². The van der Waals surface area contributed by atoms with Crippen molar-refractivity contribution in [2.75, 3.05) is 56.8 Å². The van der Waals surface area contributed by atoms with E-state index >= 15 is 0 Å². The Morgan fingerprint density at radius 3 is 2.89 bits per heavy atom. The molecule has 27 heavy (non-hydrogen) atoms. The summed E-state index contributed by atoms with van der Waals surface area (Å²) in [7, 11) is 1.87. The highest BCUT2D eigenvalue weighted by atomic mass is 16.5. The summed E-state index contributed by atoms with van der Waals surface area (Å²) in [6.45, 7) is 5.98. The van der Waals surface area contributed by atoms with Crippen LogP contribution in [0.25, 0.3) is 0 Å². The van der Waals surface area contributed by atoms with E-state index in [1.54, 1.807) is 6.21 Å². The number of hydrogen-bond acceptors (Lipinski definition) is 9. The SMILES string of the molecule is CNCCOc1nc(/C=N/Nc2cccc(C)c2)nc(N2CCOCC2)n1. The molecule has 0 radical (unpaired) electrons. The highest BCUT2D eigenvalue weighted by Crippen LogP contribution is 2.14. The summed E-state index contributed by atoms with van der Waals surface area (Å²) >= 11 is 0. The number of ether oxygens (including phenoxy) is 2. The molecule has 2 N–H and O–H groups in total. The van der Waals surface area contributed by atoms with Gasteiger partial charge in [0, 0.05) is 19.6 Å². The van der Waals surface area contributed by atoms with E-state index in [1.807, 2.05) is 38.2 Å². The average molecular weight is 371 g/mol. The van der Waals surface area contributed by atoms with Crippen LogP contribution in [0.3, 0.4) is 0 Å². The monoisotopic (exact) mass is 371 g/mol. The molecule has 9 heteroatoms. The Hall–Kier alpha value is -2.78. The third-order valence-corrected chi connectivity index (χ3v) is 3.89. The van der Waals surface area contributed by atoms with Gasteiger partial charge in [0.25, 0.3) is 0 Å². The van der Waals surface area contributed by atoms with E-state index in [0.29, 0.717) is 44.1 Å². The van der Waals surface area contributed by atoms with Gasteiger partial charge in [0.2, 0.25) is 5.95 Å². The number of nitrogens with one attached hydrogen (secondary N) is 2. The summed E-state index contributed by atoms with van der Waals surface area (Å²) in [5.74, 6) is 1.01. The van der Waals surface area contributed by atoms with Crippen LogP contribution in [0.4, 0.5) is 11.6 Å². The highest BCUT2D eigenvalue weighted by Gasteiger charge is 2.16. The van der Waals surface area contributed by atoms with Gasteiger partial charge in [0.1, 0.15) is 6.61 Å². The van der Waals surface area contributed by atoms with Gasteiger partial charge in [0.15, 0.2) is 5.82 Å². The fourth-order valence-electron chi connectivity index (χ4n) is 2.51. The number of nitrogens with zero attached hydrogens (tertiary/aromatic N) is 5. The Balaban J connectivity index is 1.74. The summed E-state index contributed by atoms with van der Waals surface area (Å²) in [5.41, 5.74) is 5.05. The van der Waals surface area contributed by atoms with Crippen LogP contribution < -0.4 is 20.4 Å². The molecular weight excluding hydrogens is 346 g/mol. The average Bonchev–Trinajstić information content (AvgIpc) is 2.69. The molecule has 0 saturated carbocycles. The molecular formula is C18H25N7O2. The van der Waals surface area contributed by atoms with Crippen molar-refractivity contribution in [3.8, 4) is 6.01 Å². The van der Waals surface area contributed by atoms with E-state index in [4.69, 9.17) is 9.47 Å². The van der Waals surface area contributed by atoms with Gasteiger partial charge in [-0.15, -0.1) is 0 Å². The molecule has 9 nitrogen and oxygen atoms in total. The minimum absolute atomic E-state index is 0.291. The third kappa shape index (κ3) is 5.87. The minimum atomic E-state index is 0.291. The molecule has 0 amide bonds. The first kappa shape index (κ1) is 19.0. The van der Waals surface area contributed by atoms with E-state index in [0.717, 1.165) is 24.3 Å². The number of aromatic nitrogens is 3. The zero-order valence-electron chi connectivity index (χ0n) is 15.7. The molecule has 2 aromatic rings. The van der Waals surface area contributed by atoms with Crippen LogP contribution >= 0.6 is 0 Å². The first-order chi connectivity index (χ1) is 13.2. The van der Waals surface area contributed by atoms with Crippen molar-refractivity contribution in [2.45, 2.75) is 6.92 Å². The molecule has 1 aromatic heterocycles. The largest absolute Gasteiger partial charge is 0.462 e. The molecule has 1 fully saturated rings. The van der Waals surface area contributed by atoms with Crippen LogP contribution in [0.5, 0.6) is 6.01 Å². The number of morpholine rings is 1. The van der Waals surface area contributed by atoms with Crippen LogP contribution in [-0.4, -0.2) is 67.7 Å². The highest BCUT2D eigenvalue weighted by molar-refractivity contribution is 5.75. The topological polar surface area (TPSA) is 96.8 Å². The number of aryl methyl sites for hydroxylation is 1. The van der Waals surface area contributed by atoms with Crippen molar-refractivity contribution in [3.63, 3.8) is 0 Å². The summed E-state index contributed by atoms with van der Waals surface area (Å²) in [6.07, 6.45) is 1.57. The lowest BCUT2D eigenvalue weighted by Crippen LogP contribution is -2.37. The molecule has 0 spiro atoms. The second-order valence-corrected chi connectivity index (χ2v) is 6.07. The number of benzene rings is 1. The molecule has 1 aliphatic rings. The molecule has 1 aliphatic heterocycles. The third-order valence-electron chi connectivity index (χ3n) is 3.89. The van der Waals surface area contributed by atoms with E-state index in [-0.39, 0.29) is 0 Å². The van der Waals surface area contributed by atoms with Crippen molar-refractivity contribution in [2.24, 2.45) is 5.10 Å². The maximum absolute atomic E-state index is 5.63. The number of likely N-dealkylation sites (N-methyl/N-ethyl adjacent to an activating group) is 1. The Labute approximate surface area is 158 Å². The van der Waals surface area contributed by atoms with Crippen molar-refractivity contribution < 1.29 is 9.47 Å². The van der Waals surface area contributed by atoms with Crippen molar-refractivity contribution in [1.82, 2.24) is 20.3 Å². The Bertz CT molecular complexity index is 763. The smallest absolute Gasteiger partial charge is 0.321 e. The molecule has 0 atom stereocenters. The van der Waals surface area contributed by atoms with Crippen LogP contribution in [0.15, 0.2) is 29.4 Å². The zero-order chi connectivity index (χ0) is 18.9. The van der Waals surface area contributed by atoms with Crippen LogP contribution in [0, 0.1) is 6.92 Å². The molecule has 0 bridgehead atoms. The van der Waals surface area contributed by atoms with Crippen molar-refractivity contribution >= 4 is 17.9 Å². The second kappa shape index (κ2) is 9.79. The van der Waals surface area contributed by atoms with Gasteiger partial charge in [-0.25, -0.2) is 0 Å². The summed E-state index contributed by atoms with van der Waals surface area (Å²) < 4.78 is 11.0. The molecule has 144 valence electrons. The number of hydrazone groups is 1. The van der Waals surface area contributed by atoms with Crippen molar-refractivity contribution in [3.05, 3.63) is 35.7 Å². The van der Waals surface area contributed by atoms with Gasteiger partial charge in [-0.1, -0.05) is 12.1 Å². The van der Waals surface area contributed by atoms with Crippen LogP contribution in [0.1, 0.15) is 11.4 Å². The standard InChI is InChI=1S/C18H25N7O2/c1-14-4-3-5-15(12-14)24-20-13-16-21-17(25-7-10-26-11-8-25)23-18(22-16)27-9-6-19-2/h3-5,12-13,19,24H,6-11H2,1-2H3/b20-13+. The molecule has 1 saturated heterocycles. The number of rotatable bonds is 8. The molecule has 1 aromatic carbocycles. The number of anilines is 2. The van der Waals surface area contributed by atoms with Gasteiger partial charge >= 0.3 is 6.01 Å². The van der Waals surface area contributed by atoms with E-state index in [9.17, 15) is 0 Å². The maximum Gasteiger partial charge on any atom is 0.321 e. The van der Waals surface area contributed by atoms with Gasteiger partial charge in [-0.05, 0) is 31.7 Å². The van der Waals surface area contributed by atoms with Gasteiger partial charge in [0.05, 0.1) is 25.1 Å². The predicted molar refractivity (Wildman–Crippen MR) is 105 cm³/mol. The molecule has 2 heterocycles. The van der Waals surface area contributed by atoms with Crippen LogP contribution in [-0.2, 0) is 4.74 Å². The summed E-state index contributed by atoms with van der Waals surface area (Å²) in [6, 6.07) is 8.25. The van der Waals surface area contributed by atoms with Crippen LogP contribution in [0.2, 0.25) is 0 Å². The normalized spacial score (nSPS) is 14.5. The predicted octanol–water partition coefficient (Wildman–Crippen LogP) is 1.06. The Morgan fingerprint density at radius 1 is 1.26 bits per heavy atom. The summed E-state index contributed by atoms with van der Waals surface area (Å²) in [5, 5.41) is 7.27. The minimum Gasteiger partial charge on any atom is -0.462 e. The molecule has 0 unspecified atom stereocenters. The molecule has 0 aliphatic carbocycles. The van der Waals surface area contributed by atoms with Gasteiger partial charge in [-0.3, -0.25) is 5.43 Å². The van der Waals surface area contributed by atoms with E-state index in [1.165, 1.54) is 0 Å². The van der Waals surface area contributed by atoms with Gasteiger partial charge in [-0.2, -0.15) is 20.1 Å². The number of hydrogen-bond donors (Lipinski definition) is 2. The second-order valence-electron chi connectivity index (χ2n) is 6.07. The first-order valence-electron chi connectivity index (χ1n) is 8.96. The maximum atomic E-state index is 5.63. The lowest BCUT2D eigenvalue weighted by Gasteiger charge is -2.26. The Morgan fingerprint density at radius 2 is 2.11 bits per heavy atom. The fraction of sp³-hybridized carbons (Fsp3) is 0.444. The lowest BCUT2D eigenvalue weighted by atomic mass is 10.2. The lowest BCUT2D eigenvalue weighted by molar-refractivity contribution is 0.122. The Kier molecular flexibility index (Phi) is 6.89. The quantitative estimate of drug-likeness (QED) is 0.404. The van der Waals surface area contributed by atoms with E-state index in [2.05, 4.69) is 35.7 Å². The van der Waals surface area contributed by atoms with Gasteiger partial charge < -0.3 is 19.7 Å². The summed E-state index contributed by atoms with van der Waals surface area (Å²) in [4.78, 5) is 15.3. The molecule has 3 rings (SSSR count). The fourth-order valence-corrected chi connectivity index (χ4v) is 2.51. The van der Waals surface area contributed by atoms with E-state index < -0.39 is 0 Å². The first-order valence-corrected chi connectivity index (χ1v) is 8.96.